The fourth-order valence-corrected chi connectivity index (χ4v) is 12.2. The van der Waals surface area contributed by atoms with Crippen LogP contribution >= 0.6 is 0 Å². The van der Waals surface area contributed by atoms with Gasteiger partial charge in [-0.2, -0.15) is 0 Å². The Labute approximate surface area is 329 Å². The van der Waals surface area contributed by atoms with Gasteiger partial charge in [-0.3, -0.25) is 0 Å². The van der Waals surface area contributed by atoms with Gasteiger partial charge < -0.3 is 29.5 Å². The van der Waals surface area contributed by atoms with Crippen molar-refractivity contribution in [1.29, 1.82) is 0 Å². The Hall–Kier alpha value is -3.01. The molecule has 3 unspecified atom stereocenters. The van der Waals surface area contributed by atoms with Gasteiger partial charge in [-0.1, -0.05) is 70.6 Å². The van der Waals surface area contributed by atoms with Crippen LogP contribution in [-0.2, 0) is 28.6 Å². The van der Waals surface area contributed by atoms with E-state index in [4.69, 9.17) is 14.2 Å². The zero-order valence-corrected chi connectivity index (χ0v) is 35.3. The molecule has 0 radical (unpaired) electrons. The average molecular weight is 765 g/mol. The molecule has 5 rings (SSSR count). The lowest BCUT2D eigenvalue weighted by atomic mass is 9.32. The largest absolute Gasteiger partial charge is 0.462 e. The standard InChI is InChI=1S/C46H68O9/c1-13-27(5)38(50)53-25-42(10)32-19-21-43(11)33(45(32,16-4)22-20-35(42)55-40(52)29(7)15-3)18-17-30-31-23-41(8,9)36(48)37(49)46(31,34(47)24-44(30,43)12)26-54-39(51)28(6)14-2/h13-17,31-37,47-49H,4,18-26H2,1-3,5-12H3/b27-13-,28-14-,29-15-/t31?,32?,33?,34-,35+,36+,37+,42-,43-,44-,45+,46+/m1/s1. The van der Waals surface area contributed by atoms with Crippen LogP contribution in [0.25, 0.3) is 0 Å². The molecule has 4 fully saturated rings. The molecule has 0 spiro atoms. The highest BCUT2D eigenvalue weighted by molar-refractivity contribution is 5.88. The number of rotatable bonds is 9. The molecule has 0 bridgehead atoms. The first-order valence-corrected chi connectivity index (χ1v) is 20.4. The summed E-state index contributed by atoms with van der Waals surface area (Å²) in [6.07, 6.45) is 10.0. The van der Waals surface area contributed by atoms with Crippen molar-refractivity contribution in [1.82, 2.24) is 0 Å². The third-order valence-electron chi connectivity index (χ3n) is 16.3. The Morgan fingerprint density at radius 1 is 0.782 bits per heavy atom. The third kappa shape index (κ3) is 6.43. The first-order valence-electron chi connectivity index (χ1n) is 20.4. The zero-order valence-electron chi connectivity index (χ0n) is 35.3. The smallest absolute Gasteiger partial charge is 0.333 e. The molecule has 0 saturated heterocycles. The second-order valence-electron chi connectivity index (χ2n) is 19.1. The number of esters is 3. The van der Waals surface area contributed by atoms with Gasteiger partial charge >= 0.3 is 17.9 Å². The highest BCUT2D eigenvalue weighted by Crippen LogP contribution is 2.76. The maximum Gasteiger partial charge on any atom is 0.333 e. The Morgan fingerprint density at radius 3 is 1.91 bits per heavy atom. The van der Waals surface area contributed by atoms with E-state index in [1.54, 1.807) is 52.8 Å². The fraction of sp³-hybridized carbons (Fsp3) is 0.717. The number of carbonyl (C=O) groups excluding carboxylic acids is 3. The molecule has 0 amide bonds. The van der Waals surface area contributed by atoms with E-state index in [0.29, 0.717) is 36.0 Å². The summed E-state index contributed by atoms with van der Waals surface area (Å²) < 4.78 is 18.2. The van der Waals surface area contributed by atoms with Crippen LogP contribution < -0.4 is 0 Å². The number of hydrogen-bond donors (Lipinski definition) is 3. The minimum absolute atomic E-state index is 0.0299. The van der Waals surface area contributed by atoms with E-state index >= 15 is 0 Å². The molecule has 0 aromatic carbocycles. The summed E-state index contributed by atoms with van der Waals surface area (Å²) in [5.74, 6) is -1.55. The van der Waals surface area contributed by atoms with Gasteiger partial charge in [0.1, 0.15) is 19.3 Å². The van der Waals surface area contributed by atoms with E-state index in [1.165, 1.54) is 0 Å². The number of allylic oxidation sites excluding steroid dienone is 6. The van der Waals surface area contributed by atoms with Crippen molar-refractivity contribution >= 4 is 17.9 Å². The van der Waals surface area contributed by atoms with Crippen LogP contribution in [0.4, 0.5) is 0 Å². The van der Waals surface area contributed by atoms with Gasteiger partial charge in [0.2, 0.25) is 0 Å². The van der Waals surface area contributed by atoms with Gasteiger partial charge in [0, 0.05) is 22.1 Å². The van der Waals surface area contributed by atoms with Crippen molar-refractivity contribution in [2.75, 3.05) is 13.2 Å². The second-order valence-corrected chi connectivity index (χ2v) is 19.1. The highest BCUT2D eigenvalue weighted by Gasteiger charge is 2.73. The monoisotopic (exact) mass is 764 g/mol. The van der Waals surface area contributed by atoms with Crippen molar-refractivity contribution in [2.45, 2.75) is 146 Å². The molecule has 55 heavy (non-hydrogen) atoms. The highest BCUT2D eigenvalue weighted by atomic mass is 16.6. The van der Waals surface area contributed by atoms with E-state index in [-0.39, 0.29) is 48.3 Å². The van der Waals surface area contributed by atoms with E-state index < -0.39 is 57.5 Å². The predicted octanol–water partition coefficient (Wildman–Crippen LogP) is 7.74. The van der Waals surface area contributed by atoms with Gasteiger partial charge in [-0.15, -0.1) is 6.58 Å². The summed E-state index contributed by atoms with van der Waals surface area (Å²) in [5.41, 5.74) is -1.27. The minimum atomic E-state index is -1.32. The number of aliphatic hydroxyl groups excluding tert-OH is 3. The summed E-state index contributed by atoms with van der Waals surface area (Å²) in [5, 5.41) is 36.1. The van der Waals surface area contributed by atoms with E-state index in [2.05, 4.69) is 39.5 Å². The Morgan fingerprint density at radius 2 is 1.35 bits per heavy atom. The maximum absolute atomic E-state index is 13.3. The zero-order chi connectivity index (χ0) is 41.1. The SMILES string of the molecule is C=C[C@]12CC[C@H](OC(=O)/C(C)=C\C)[C@](C)(COC(=O)/C(C)=C\C)C1CC[C@]1(C)C2CC=C2C3CC(C)(C)[C@@H](O)[C@H](O)[C@]3(COC(=O)/C(C)=C\C)[C@H](O)C[C@]21C. The molecule has 4 saturated carbocycles. The predicted molar refractivity (Wildman–Crippen MR) is 212 cm³/mol. The second kappa shape index (κ2) is 15.1. The molecule has 12 atom stereocenters. The molecule has 0 aromatic rings. The molecule has 306 valence electrons. The first-order chi connectivity index (χ1) is 25.6. The van der Waals surface area contributed by atoms with Crippen molar-refractivity contribution < 1.29 is 43.9 Å². The average Bonchev–Trinajstić information content (AvgIpc) is 3.15. The third-order valence-corrected chi connectivity index (χ3v) is 16.3. The number of carbonyl (C=O) groups is 3. The van der Waals surface area contributed by atoms with Crippen LogP contribution in [0.15, 0.2) is 59.3 Å². The van der Waals surface area contributed by atoms with Gasteiger partial charge in [-0.05, 0) is 126 Å². The lowest BCUT2D eigenvalue weighted by molar-refractivity contribution is -0.258. The molecular formula is C46H68O9. The van der Waals surface area contributed by atoms with Crippen LogP contribution in [0.1, 0.15) is 121 Å². The fourth-order valence-electron chi connectivity index (χ4n) is 12.2. The molecular weight excluding hydrogens is 696 g/mol. The lowest BCUT2D eigenvalue weighted by Gasteiger charge is -2.72. The molecule has 9 heteroatoms. The number of aliphatic hydroxyl groups is 3. The summed E-state index contributed by atoms with van der Waals surface area (Å²) >= 11 is 0. The minimum Gasteiger partial charge on any atom is -0.462 e. The van der Waals surface area contributed by atoms with Crippen molar-refractivity contribution in [3.05, 3.63) is 59.3 Å². The van der Waals surface area contributed by atoms with Crippen LogP contribution in [0.3, 0.4) is 0 Å². The van der Waals surface area contributed by atoms with Crippen molar-refractivity contribution in [3.63, 3.8) is 0 Å². The Balaban J connectivity index is 1.61. The molecule has 0 aliphatic heterocycles. The van der Waals surface area contributed by atoms with Crippen molar-refractivity contribution in [3.8, 4) is 0 Å². The van der Waals surface area contributed by atoms with Crippen LogP contribution in [0.2, 0.25) is 0 Å². The first kappa shape index (κ1) is 43.1. The molecule has 3 N–H and O–H groups in total. The summed E-state index contributed by atoms with van der Waals surface area (Å²) in [4.78, 5) is 39.4. The summed E-state index contributed by atoms with van der Waals surface area (Å²) in [6, 6.07) is 0. The van der Waals surface area contributed by atoms with E-state index in [9.17, 15) is 29.7 Å². The van der Waals surface area contributed by atoms with E-state index in [1.807, 2.05) is 20.8 Å². The molecule has 5 aliphatic carbocycles. The molecule has 0 heterocycles. The Bertz CT molecular complexity index is 1680. The molecule has 5 aliphatic rings. The molecule has 9 nitrogen and oxygen atoms in total. The lowest BCUT2D eigenvalue weighted by Crippen LogP contribution is -2.72. The van der Waals surface area contributed by atoms with Gasteiger partial charge in [-0.25, -0.2) is 14.4 Å². The number of fused-ring (bicyclic) bond motifs is 7. The molecule has 0 aromatic heterocycles. The van der Waals surface area contributed by atoms with Crippen molar-refractivity contribution in [2.24, 2.45) is 50.2 Å². The summed E-state index contributed by atoms with van der Waals surface area (Å²) in [7, 11) is 0. The summed E-state index contributed by atoms with van der Waals surface area (Å²) in [6.45, 7) is 25.6. The van der Waals surface area contributed by atoms with Crippen LogP contribution in [0.5, 0.6) is 0 Å². The van der Waals surface area contributed by atoms with Gasteiger partial charge in [0.05, 0.1) is 23.7 Å². The van der Waals surface area contributed by atoms with Gasteiger partial charge in [0.25, 0.3) is 0 Å². The van der Waals surface area contributed by atoms with Crippen LogP contribution in [-0.4, -0.2) is 70.9 Å². The Kier molecular flexibility index (Phi) is 11.8. The van der Waals surface area contributed by atoms with Gasteiger partial charge in [0.15, 0.2) is 0 Å². The van der Waals surface area contributed by atoms with E-state index in [0.717, 1.165) is 31.3 Å². The number of hydrogen-bond acceptors (Lipinski definition) is 9. The maximum atomic E-state index is 13.3. The quantitative estimate of drug-likeness (QED) is 0.0931. The van der Waals surface area contributed by atoms with Crippen LogP contribution in [0, 0.1) is 50.2 Å². The topological polar surface area (TPSA) is 140 Å². The normalized spacial score (nSPS) is 42.7. The number of ether oxygens (including phenoxy) is 3.